The third-order valence-electron chi connectivity index (χ3n) is 3.57. The first-order valence-corrected chi connectivity index (χ1v) is 8.17. The van der Waals surface area contributed by atoms with Crippen molar-refractivity contribution in [3.05, 3.63) is 80.7 Å². The van der Waals surface area contributed by atoms with Crippen LogP contribution in [0.2, 0.25) is 0 Å². The van der Waals surface area contributed by atoms with Gasteiger partial charge in [-0.2, -0.15) is 5.26 Å². The fourth-order valence-electron chi connectivity index (χ4n) is 2.33. The molecule has 0 aliphatic carbocycles. The van der Waals surface area contributed by atoms with Gasteiger partial charge in [-0.3, -0.25) is 14.9 Å². The standard InChI is InChI=1S/C18H11N3O3S/c19-10-15(17(22)12-5-2-1-3-6-12)18-20-16(11-25-18)13-7-4-8-14(9-13)21(23)24/h1-9,11,15H. The Morgan fingerprint density at radius 3 is 2.64 bits per heavy atom. The zero-order valence-electron chi connectivity index (χ0n) is 12.8. The van der Waals surface area contributed by atoms with Crippen molar-refractivity contribution in [3.63, 3.8) is 0 Å². The maximum atomic E-state index is 12.5. The fraction of sp³-hybridized carbons (Fsp3) is 0.0556. The fourth-order valence-corrected chi connectivity index (χ4v) is 3.19. The van der Waals surface area contributed by atoms with Gasteiger partial charge in [-0.15, -0.1) is 11.3 Å². The minimum atomic E-state index is -1.00. The van der Waals surface area contributed by atoms with E-state index in [0.29, 0.717) is 21.8 Å². The molecule has 0 bridgehead atoms. The number of hydrogen-bond donors (Lipinski definition) is 0. The van der Waals surface area contributed by atoms with E-state index in [1.807, 2.05) is 6.07 Å². The van der Waals surface area contributed by atoms with Crippen LogP contribution in [0.1, 0.15) is 21.3 Å². The summed E-state index contributed by atoms with van der Waals surface area (Å²) in [6.45, 7) is 0. The predicted molar refractivity (Wildman–Crippen MR) is 93.3 cm³/mol. The van der Waals surface area contributed by atoms with Crippen LogP contribution in [0.5, 0.6) is 0 Å². The van der Waals surface area contributed by atoms with Crippen LogP contribution in [0.25, 0.3) is 11.3 Å². The van der Waals surface area contributed by atoms with Gasteiger partial charge in [-0.25, -0.2) is 4.98 Å². The average Bonchev–Trinajstić information content (AvgIpc) is 3.13. The molecule has 0 aliphatic heterocycles. The molecule has 0 N–H and O–H groups in total. The smallest absolute Gasteiger partial charge is 0.270 e. The topological polar surface area (TPSA) is 96.9 Å². The normalized spacial score (nSPS) is 11.5. The molecule has 3 aromatic rings. The molecule has 3 rings (SSSR count). The summed E-state index contributed by atoms with van der Waals surface area (Å²) in [5.74, 6) is -1.32. The summed E-state index contributed by atoms with van der Waals surface area (Å²) in [5, 5.41) is 22.4. The van der Waals surface area contributed by atoms with Gasteiger partial charge in [0, 0.05) is 28.6 Å². The predicted octanol–water partition coefficient (Wildman–Crippen LogP) is 4.21. The molecule has 0 saturated carbocycles. The van der Waals surface area contributed by atoms with Crippen LogP contribution in [-0.2, 0) is 0 Å². The third kappa shape index (κ3) is 3.44. The van der Waals surface area contributed by atoms with Crippen LogP contribution < -0.4 is 0 Å². The van der Waals surface area contributed by atoms with Gasteiger partial charge in [0.25, 0.3) is 5.69 Å². The first-order valence-electron chi connectivity index (χ1n) is 7.29. The number of non-ortho nitro benzene ring substituents is 1. The molecule has 7 heteroatoms. The molecule has 0 spiro atoms. The SMILES string of the molecule is N#CC(C(=O)c1ccccc1)c1nc(-c2cccc([N+](=O)[O-])c2)cs1. The number of nitriles is 1. The van der Waals surface area contributed by atoms with Crippen molar-refractivity contribution < 1.29 is 9.72 Å². The van der Waals surface area contributed by atoms with Gasteiger partial charge in [-0.05, 0) is 0 Å². The first kappa shape index (κ1) is 16.5. The Hall–Kier alpha value is -3.37. The highest BCUT2D eigenvalue weighted by Crippen LogP contribution is 2.30. The van der Waals surface area contributed by atoms with Crippen molar-refractivity contribution in [2.24, 2.45) is 0 Å². The van der Waals surface area contributed by atoms with E-state index in [1.54, 1.807) is 47.8 Å². The lowest BCUT2D eigenvalue weighted by molar-refractivity contribution is -0.384. The number of nitro benzene ring substituents is 1. The number of hydrogen-bond acceptors (Lipinski definition) is 6. The minimum Gasteiger partial charge on any atom is -0.292 e. The summed E-state index contributed by atoms with van der Waals surface area (Å²) in [7, 11) is 0. The van der Waals surface area contributed by atoms with E-state index >= 15 is 0 Å². The van der Waals surface area contributed by atoms with E-state index in [4.69, 9.17) is 0 Å². The molecule has 25 heavy (non-hydrogen) atoms. The molecular weight excluding hydrogens is 338 g/mol. The lowest BCUT2D eigenvalue weighted by atomic mass is 9.99. The van der Waals surface area contributed by atoms with E-state index in [9.17, 15) is 20.2 Å². The Bertz CT molecular complexity index is 976. The number of nitro groups is 1. The van der Waals surface area contributed by atoms with Crippen molar-refractivity contribution in [2.75, 3.05) is 0 Å². The molecule has 0 amide bonds. The van der Waals surface area contributed by atoms with Gasteiger partial charge in [0.2, 0.25) is 0 Å². The van der Waals surface area contributed by atoms with E-state index in [0.717, 1.165) is 0 Å². The number of ketones is 1. The lowest BCUT2D eigenvalue weighted by Gasteiger charge is -2.04. The van der Waals surface area contributed by atoms with Crippen molar-refractivity contribution in [1.29, 1.82) is 5.26 Å². The maximum Gasteiger partial charge on any atom is 0.270 e. The molecule has 2 aromatic carbocycles. The summed E-state index contributed by atoms with van der Waals surface area (Å²) in [6.07, 6.45) is 0. The molecule has 0 fully saturated rings. The Balaban J connectivity index is 1.92. The lowest BCUT2D eigenvalue weighted by Crippen LogP contribution is -2.10. The van der Waals surface area contributed by atoms with Crippen LogP contribution in [0.3, 0.4) is 0 Å². The van der Waals surface area contributed by atoms with Gasteiger partial charge >= 0.3 is 0 Å². The Labute approximate surface area is 147 Å². The summed E-state index contributed by atoms with van der Waals surface area (Å²) in [4.78, 5) is 27.3. The third-order valence-corrected chi connectivity index (χ3v) is 4.48. The zero-order valence-corrected chi connectivity index (χ0v) is 13.6. The van der Waals surface area contributed by atoms with Crippen LogP contribution in [-0.4, -0.2) is 15.7 Å². The summed E-state index contributed by atoms with van der Waals surface area (Å²) < 4.78 is 0. The summed E-state index contributed by atoms with van der Waals surface area (Å²) in [5.41, 5.74) is 1.48. The number of nitrogens with zero attached hydrogens (tertiary/aromatic N) is 3. The number of benzene rings is 2. The molecule has 0 saturated heterocycles. The number of aromatic nitrogens is 1. The molecule has 0 aliphatic rings. The second kappa shape index (κ2) is 7.03. The minimum absolute atomic E-state index is 0.0377. The molecule has 0 radical (unpaired) electrons. The number of thiazole rings is 1. The summed E-state index contributed by atoms with van der Waals surface area (Å²) in [6, 6.07) is 16.7. The second-order valence-corrected chi connectivity index (χ2v) is 6.06. The van der Waals surface area contributed by atoms with Crippen molar-refractivity contribution >= 4 is 22.8 Å². The monoisotopic (exact) mass is 349 g/mol. The number of rotatable bonds is 5. The van der Waals surface area contributed by atoms with Crippen molar-refractivity contribution in [2.45, 2.75) is 5.92 Å². The molecule has 1 unspecified atom stereocenters. The van der Waals surface area contributed by atoms with Crippen molar-refractivity contribution in [3.8, 4) is 17.3 Å². The van der Waals surface area contributed by atoms with E-state index in [2.05, 4.69) is 4.98 Å². The van der Waals surface area contributed by atoms with Crippen LogP contribution in [0.4, 0.5) is 5.69 Å². The average molecular weight is 349 g/mol. The summed E-state index contributed by atoms with van der Waals surface area (Å²) >= 11 is 1.19. The Morgan fingerprint density at radius 2 is 1.96 bits per heavy atom. The Kier molecular flexibility index (Phi) is 4.64. The van der Waals surface area contributed by atoms with E-state index in [-0.39, 0.29) is 11.5 Å². The van der Waals surface area contributed by atoms with Gasteiger partial charge in [-0.1, -0.05) is 42.5 Å². The van der Waals surface area contributed by atoms with Gasteiger partial charge in [0.05, 0.1) is 16.7 Å². The van der Waals surface area contributed by atoms with Gasteiger partial charge in [0.15, 0.2) is 11.7 Å². The van der Waals surface area contributed by atoms with E-state index < -0.39 is 10.8 Å². The molecule has 1 aromatic heterocycles. The molecule has 1 heterocycles. The highest BCUT2D eigenvalue weighted by Gasteiger charge is 2.25. The van der Waals surface area contributed by atoms with Gasteiger partial charge < -0.3 is 0 Å². The number of carbonyl (C=O) groups is 1. The largest absolute Gasteiger partial charge is 0.292 e. The van der Waals surface area contributed by atoms with Crippen molar-refractivity contribution in [1.82, 2.24) is 4.98 Å². The zero-order chi connectivity index (χ0) is 17.8. The van der Waals surface area contributed by atoms with E-state index in [1.165, 1.54) is 23.5 Å². The van der Waals surface area contributed by atoms with Crippen LogP contribution >= 0.6 is 11.3 Å². The molecular formula is C18H11N3O3S. The number of Topliss-reactive ketones (excluding diaryl/α,β-unsaturated/α-hetero) is 1. The van der Waals surface area contributed by atoms with Gasteiger partial charge in [0.1, 0.15) is 5.01 Å². The molecule has 1 atom stereocenters. The second-order valence-electron chi connectivity index (χ2n) is 5.17. The number of carbonyl (C=O) groups excluding carboxylic acids is 1. The first-order chi connectivity index (χ1) is 12.1. The maximum absolute atomic E-state index is 12.5. The molecule has 122 valence electrons. The highest BCUT2D eigenvalue weighted by atomic mass is 32.1. The van der Waals surface area contributed by atoms with Crippen LogP contribution in [0, 0.1) is 21.4 Å². The Morgan fingerprint density at radius 1 is 1.20 bits per heavy atom. The highest BCUT2D eigenvalue weighted by molar-refractivity contribution is 7.10. The molecule has 6 nitrogen and oxygen atoms in total. The van der Waals surface area contributed by atoms with Crippen LogP contribution in [0.15, 0.2) is 60.0 Å². The quantitative estimate of drug-likeness (QED) is 0.390.